The van der Waals surface area contributed by atoms with Gasteiger partial charge in [0.05, 0.1) is 24.9 Å². The Morgan fingerprint density at radius 2 is 2.12 bits per heavy atom. The molecule has 2 fully saturated rings. The number of carbonyl (C=O) groups excluding carboxylic acids is 1. The number of phosphoric acid groups is 1. The van der Waals surface area contributed by atoms with Gasteiger partial charge in [-0.05, 0) is 33.1 Å². The lowest BCUT2D eigenvalue weighted by molar-refractivity contribution is -0.148. The SMILES string of the molecule is CC(CCO[P@@]1(=O)OC[C@H]2O[C@@H](n3ccc(=O)[nH]c3=O)[C@](C)(N)[C@@H]2O1)CC(=O)OC(C)C. The van der Waals surface area contributed by atoms with Gasteiger partial charge in [0.2, 0.25) is 0 Å². The van der Waals surface area contributed by atoms with Crippen LogP contribution in [-0.4, -0.2) is 52.6 Å². The van der Waals surface area contributed by atoms with Crippen molar-refractivity contribution < 1.29 is 32.4 Å². The fourth-order valence-corrected chi connectivity index (χ4v) is 5.17. The van der Waals surface area contributed by atoms with Crippen LogP contribution in [0.25, 0.3) is 0 Å². The number of hydrogen-bond acceptors (Lipinski definition) is 10. The lowest BCUT2D eigenvalue weighted by atomic mass is 9.93. The number of fused-ring (bicyclic) bond motifs is 1. The molecular weight excluding hydrogens is 445 g/mol. The van der Waals surface area contributed by atoms with Crippen LogP contribution < -0.4 is 17.0 Å². The maximum atomic E-state index is 13.0. The average Bonchev–Trinajstić information content (AvgIpc) is 2.91. The lowest BCUT2D eigenvalue weighted by Gasteiger charge is -2.35. The molecule has 3 heterocycles. The van der Waals surface area contributed by atoms with Gasteiger partial charge in [-0.1, -0.05) is 6.92 Å². The molecule has 2 saturated heterocycles. The minimum atomic E-state index is -3.94. The zero-order valence-corrected chi connectivity index (χ0v) is 19.4. The highest BCUT2D eigenvalue weighted by Crippen LogP contribution is 2.58. The Morgan fingerprint density at radius 3 is 2.78 bits per heavy atom. The molecule has 12 nitrogen and oxygen atoms in total. The number of nitrogens with one attached hydrogen (secondary N) is 1. The summed E-state index contributed by atoms with van der Waals surface area (Å²) in [4.78, 5) is 37.4. The molecule has 1 aromatic heterocycles. The zero-order chi connectivity index (χ0) is 23.7. The number of aromatic amines is 1. The van der Waals surface area contributed by atoms with E-state index >= 15 is 0 Å². The van der Waals surface area contributed by atoms with E-state index < -0.39 is 43.0 Å². The van der Waals surface area contributed by atoms with Gasteiger partial charge in [-0.3, -0.25) is 32.7 Å². The summed E-state index contributed by atoms with van der Waals surface area (Å²) in [6.07, 6.45) is -0.824. The average molecular weight is 475 g/mol. The predicted octanol–water partition coefficient (Wildman–Crippen LogP) is 1.06. The number of nitrogens with zero attached hydrogens (tertiary/aromatic N) is 1. The maximum Gasteiger partial charge on any atom is 0.475 e. The van der Waals surface area contributed by atoms with Crippen LogP contribution in [0.5, 0.6) is 0 Å². The van der Waals surface area contributed by atoms with Gasteiger partial charge in [0.15, 0.2) is 6.23 Å². The molecule has 0 amide bonds. The van der Waals surface area contributed by atoms with E-state index in [9.17, 15) is 18.9 Å². The van der Waals surface area contributed by atoms with Crippen LogP contribution in [0.15, 0.2) is 21.9 Å². The van der Waals surface area contributed by atoms with Crippen molar-refractivity contribution in [3.05, 3.63) is 33.1 Å². The van der Waals surface area contributed by atoms with Crippen molar-refractivity contribution in [2.75, 3.05) is 13.2 Å². The summed E-state index contributed by atoms with van der Waals surface area (Å²) in [7, 11) is -3.94. The molecule has 6 atom stereocenters. The first-order valence-electron chi connectivity index (χ1n) is 10.4. The Labute approximate surface area is 184 Å². The van der Waals surface area contributed by atoms with Gasteiger partial charge >= 0.3 is 19.5 Å². The Bertz CT molecular complexity index is 989. The van der Waals surface area contributed by atoms with E-state index in [0.717, 1.165) is 4.57 Å². The third kappa shape index (κ3) is 5.56. The second-order valence-corrected chi connectivity index (χ2v) is 10.3. The Kier molecular flexibility index (Phi) is 7.43. The fourth-order valence-electron chi connectivity index (χ4n) is 3.68. The van der Waals surface area contributed by atoms with Gasteiger partial charge in [-0.25, -0.2) is 9.36 Å². The monoisotopic (exact) mass is 475 g/mol. The highest BCUT2D eigenvalue weighted by Gasteiger charge is 2.59. The van der Waals surface area contributed by atoms with E-state index in [1.807, 2.05) is 6.92 Å². The normalized spacial score (nSPS) is 33.1. The molecule has 3 N–H and O–H groups in total. The van der Waals surface area contributed by atoms with Crippen molar-refractivity contribution >= 4 is 13.8 Å². The Morgan fingerprint density at radius 1 is 1.41 bits per heavy atom. The van der Waals surface area contributed by atoms with Crippen molar-refractivity contribution in [3.8, 4) is 0 Å². The minimum absolute atomic E-state index is 0.0374. The summed E-state index contributed by atoms with van der Waals surface area (Å²) in [5.41, 5.74) is 3.91. The van der Waals surface area contributed by atoms with Gasteiger partial charge in [-0.15, -0.1) is 0 Å². The molecule has 0 radical (unpaired) electrons. The zero-order valence-electron chi connectivity index (χ0n) is 18.5. The molecule has 2 aliphatic heterocycles. The van der Waals surface area contributed by atoms with Crippen molar-refractivity contribution in [1.29, 1.82) is 0 Å². The lowest BCUT2D eigenvalue weighted by Crippen LogP contribution is -2.55. The van der Waals surface area contributed by atoms with Crippen molar-refractivity contribution in [2.24, 2.45) is 11.7 Å². The van der Waals surface area contributed by atoms with E-state index in [0.29, 0.717) is 6.42 Å². The van der Waals surface area contributed by atoms with Crippen LogP contribution >= 0.6 is 7.82 Å². The number of phosphoric ester groups is 1. The Hall–Kier alpha value is -1.82. The number of ether oxygens (including phenoxy) is 2. The highest BCUT2D eigenvalue weighted by molar-refractivity contribution is 7.48. The van der Waals surface area contributed by atoms with Crippen LogP contribution in [-0.2, 0) is 32.4 Å². The molecule has 32 heavy (non-hydrogen) atoms. The smallest absolute Gasteiger partial charge is 0.463 e. The quantitative estimate of drug-likeness (QED) is 0.411. The molecule has 180 valence electrons. The number of carbonyl (C=O) groups is 1. The summed E-state index contributed by atoms with van der Waals surface area (Å²) in [5, 5.41) is 0. The standard InChI is InChI=1S/C19H30N3O9P/c1-11(2)29-15(24)9-12(3)6-8-27-32(26)28-10-13-16(31-32)19(4,20)17(30-13)22-7-5-14(23)21-18(22)25/h5,7,11-13,16-17H,6,8-10,20H2,1-4H3,(H,21,23,25)/t12?,13-,16-,17-,19-,32+/m1/s1. The molecule has 0 spiro atoms. The second kappa shape index (κ2) is 9.58. The van der Waals surface area contributed by atoms with Gasteiger partial charge in [-0.2, -0.15) is 0 Å². The van der Waals surface area contributed by atoms with Gasteiger partial charge in [0.1, 0.15) is 12.2 Å². The van der Waals surface area contributed by atoms with Gasteiger partial charge < -0.3 is 15.2 Å². The van der Waals surface area contributed by atoms with Crippen LogP contribution in [0.3, 0.4) is 0 Å². The molecule has 0 aliphatic carbocycles. The van der Waals surface area contributed by atoms with E-state index in [-0.39, 0.29) is 37.6 Å². The van der Waals surface area contributed by atoms with Crippen molar-refractivity contribution in [2.45, 2.75) is 70.6 Å². The molecule has 0 aromatic carbocycles. The number of H-pyrrole nitrogens is 1. The first-order valence-corrected chi connectivity index (χ1v) is 11.9. The predicted molar refractivity (Wildman–Crippen MR) is 112 cm³/mol. The van der Waals surface area contributed by atoms with E-state index in [1.165, 1.54) is 12.3 Å². The first-order chi connectivity index (χ1) is 14.9. The fraction of sp³-hybridized carbons (Fsp3) is 0.737. The molecule has 13 heteroatoms. The first kappa shape index (κ1) is 24.8. The second-order valence-electron chi connectivity index (χ2n) is 8.65. The molecule has 0 saturated carbocycles. The largest absolute Gasteiger partial charge is 0.475 e. The molecular formula is C19H30N3O9P. The summed E-state index contributed by atoms with van der Waals surface area (Å²) in [6, 6.07) is 1.17. The summed E-state index contributed by atoms with van der Waals surface area (Å²) < 4.78 is 41.4. The number of esters is 1. The molecule has 1 aromatic rings. The van der Waals surface area contributed by atoms with Crippen LogP contribution in [0, 0.1) is 5.92 Å². The van der Waals surface area contributed by atoms with E-state index in [1.54, 1.807) is 20.8 Å². The van der Waals surface area contributed by atoms with E-state index in [2.05, 4.69) is 4.98 Å². The van der Waals surface area contributed by atoms with E-state index in [4.69, 9.17) is 28.8 Å². The van der Waals surface area contributed by atoms with Crippen molar-refractivity contribution in [3.63, 3.8) is 0 Å². The Balaban J connectivity index is 1.60. The third-order valence-corrected chi connectivity index (χ3v) is 6.72. The van der Waals surface area contributed by atoms with Crippen LogP contribution in [0.1, 0.15) is 46.8 Å². The summed E-state index contributed by atoms with van der Waals surface area (Å²) in [6.45, 7) is 6.93. The van der Waals surface area contributed by atoms with Crippen LogP contribution in [0.2, 0.25) is 0 Å². The van der Waals surface area contributed by atoms with Crippen molar-refractivity contribution in [1.82, 2.24) is 9.55 Å². The highest BCUT2D eigenvalue weighted by atomic mass is 31.2. The minimum Gasteiger partial charge on any atom is -0.463 e. The topological polar surface area (TPSA) is 161 Å². The third-order valence-electron chi connectivity index (χ3n) is 5.27. The molecule has 1 unspecified atom stereocenters. The summed E-state index contributed by atoms with van der Waals surface area (Å²) in [5.74, 6) is -0.367. The summed E-state index contributed by atoms with van der Waals surface area (Å²) >= 11 is 0. The number of aromatic nitrogens is 2. The number of hydrogen-bond donors (Lipinski definition) is 2. The molecule has 0 bridgehead atoms. The maximum absolute atomic E-state index is 13.0. The molecule has 3 rings (SSSR count). The van der Waals surface area contributed by atoms with Gasteiger partial charge in [0, 0.05) is 18.7 Å². The van der Waals surface area contributed by atoms with Gasteiger partial charge in [0.25, 0.3) is 5.56 Å². The molecule has 2 aliphatic rings. The van der Waals surface area contributed by atoms with Crippen LogP contribution in [0.4, 0.5) is 0 Å². The number of nitrogens with two attached hydrogens (primary N) is 1. The number of rotatable bonds is 8.